The number of aromatic nitrogens is 2. The van der Waals surface area contributed by atoms with Crippen LogP contribution in [0.15, 0.2) is 10.7 Å². The van der Waals surface area contributed by atoms with E-state index in [1.807, 2.05) is 6.07 Å². The first-order chi connectivity index (χ1) is 9.02. The molecule has 1 unspecified atom stereocenters. The molecule has 7 heteroatoms. The molecule has 1 saturated heterocycles. The molecule has 1 N–H and O–H groups in total. The Morgan fingerprint density at radius 3 is 2.74 bits per heavy atom. The van der Waals surface area contributed by atoms with Crippen molar-refractivity contribution in [3.8, 4) is 0 Å². The van der Waals surface area contributed by atoms with Gasteiger partial charge in [-0.25, -0.2) is 18.4 Å². The van der Waals surface area contributed by atoms with Crippen molar-refractivity contribution < 1.29 is 8.42 Å². The second kappa shape index (κ2) is 5.01. The fourth-order valence-corrected chi connectivity index (χ4v) is 4.59. The molecule has 1 atom stereocenters. The standard InChI is InChI=1S/C12H16BrN3O2S/c13-10-5-11(16-12(15-10)9-1-2-9)14-6-8-3-4-19(17,18)7-8/h5,8-9H,1-4,6-7H2,(H,14,15,16). The molecule has 104 valence electrons. The van der Waals surface area contributed by atoms with Crippen molar-refractivity contribution in [2.24, 2.45) is 5.92 Å². The predicted octanol–water partition coefficient (Wildman–Crippen LogP) is 1.96. The zero-order valence-electron chi connectivity index (χ0n) is 10.5. The van der Waals surface area contributed by atoms with Crippen molar-refractivity contribution in [3.63, 3.8) is 0 Å². The molecule has 1 aromatic rings. The highest BCUT2D eigenvalue weighted by molar-refractivity contribution is 9.10. The van der Waals surface area contributed by atoms with E-state index in [9.17, 15) is 8.42 Å². The van der Waals surface area contributed by atoms with Gasteiger partial charge in [-0.15, -0.1) is 0 Å². The SMILES string of the molecule is O=S1(=O)CCC(CNc2cc(Br)nc(C3CC3)n2)C1. The minimum absolute atomic E-state index is 0.197. The number of sulfone groups is 1. The molecule has 0 spiro atoms. The summed E-state index contributed by atoms with van der Waals surface area (Å²) < 4.78 is 23.6. The third kappa shape index (κ3) is 3.45. The fraction of sp³-hybridized carbons (Fsp3) is 0.667. The van der Waals surface area contributed by atoms with Gasteiger partial charge in [-0.2, -0.15) is 0 Å². The van der Waals surface area contributed by atoms with E-state index in [2.05, 4.69) is 31.2 Å². The minimum atomic E-state index is -2.80. The zero-order valence-corrected chi connectivity index (χ0v) is 12.9. The van der Waals surface area contributed by atoms with Crippen LogP contribution in [0.5, 0.6) is 0 Å². The second-order valence-corrected chi connectivity index (χ2v) is 8.40. The summed E-state index contributed by atoms with van der Waals surface area (Å²) in [4.78, 5) is 8.86. The van der Waals surface area contributed by atoms with E-state index in [-0.39, 0.29) is 5.92 Å². The summed E-state index contributed by atoms with van der Waals surface area (Å²) in [5.74, 6) is 2.99. The van der Waals surface area contributed by atoms with Crippen LogP contribution < -0.4 is 5.32 Å². The predicted molar refractivity (Wildman–Crippen MR) is 77.0 cm³/mol. The smallest absolute Gasteiger partial charge is 0.150 e. The molecule has 19 heavy (non-hydrogen) atoms. The van der Waals surface area contributed by atoms with Crippen LogP contribution in [0.3, 0.4) is 0 Å². The van der Waals surface area contributed by atoms with Gasteiger partial charge in [0.25, 0.3) is 0 Å². The lowest BCUT2D eigenvalue weighted by Gasteiger charge is -2.11. The van der Waals surface area contributed by atoms with Gasteiger partial charge in [0.05, 0.1) is 11.5 Å². The summed E-state index contributed by atoms with van der Waals surface area (Å²) in [7, 11) is -2.80. The number of nitrogens with zero attached hydrogens (tertiary/aromatic N) is 2. The van der Waals surface area contributed by atoms with E-state index >= 15 is 0 Å². The molecule has 3 rings (SSSR count). The van der Waals surface area contributed by atoms with Gasteiger partial charge in [0, 0.05) is 18.5 Å². The highest BCUT2D eigenvalue weighted by Gasteiger charge is 2.29. The molecule has 1 aromatic heterocycles. The van der Waals surface area contributed by atoms with Crippen molar-refractivity contribution in [3.05, 3.63) is 16.5 Å². The summed E-state index contributed by atoms with van der Waals surface area (Å²) in [6.45, 7) is 0.660. The Labute approximate surface area is 121 Å². The van der Waals surface area contributed by atoms with Gasteiger partial charge in [-0.3, -0.25) is 0 Å². The monoisotopic (exact) mass is 345 g/mol. The minimum Gasteiger partial charge on any atom is -0.370 e. The normalized spacial score (nSPS) is 25.4. The van der Waals surface area contributed by atoms with Crippen LogP contribution in [0.2, 0.25) is 0 Å². The maximum Gasteiger partial charge on any atom is 0.150 e. The van der Waals surface area contributed by atoms with Crippen LogP contribution in [-0.2, 0) is 9.84 Å². The van der Waals surface area contributed by atoms with Gasteiger partial charge in [0.1, 0.15) is 16.2 Å². The van der Waals surface area contributed by atoms with Crippen LogP contribution in [-0.4, -0.2) is 36.4 Å². The lowest BCUT2D eigenvalue weighted by molar-refractivity contribution is 0.595. The first-order valence-corrected chi connectivity index (χ1v) is 9.12. The van der Waals surface area contributed by atoms with Gasteiger partial charge in [0.2, 0.25) is 0 Å². The molecule has 0 radical (unpaired) electrons. The van der Waals surface area contributed by atoms with E-state index < -0.39 is 9.84 Å². The third-order valence-electron chi connectivity index (χ3n) is 3.55. The van der Waals surface area contributed by atoms with Crippen molar-refractivity contribution >= 4 is 31.6 Å². The highest BCUT2D eigenvalue weighted by Crippen LogP contribution is 2.38. The van der Waals surface area contributed by atoms with E-state index in [4.69, 9.17) is 0 Å². The van der Waals surface area contributed by atoms with Gasteiger partial charge in [-0.1, -0.05) is 0 Å². The van der Waals surface area contributed by atoms with Crippen LogP contribution in [0, 0.1) is 5.92 Å². The summed E-state index contributed by atoms with van der Waals surface area (Å²) in [6, 6.07) is 1.84. The number of anilines is 1. The molecular weight excluding hydrogens is 330 g/mol. The average molecular weight is 346 g/mol. The molecule has 2 heterocycles. The average Bonchev–Trinajstić information content (AvgIpc) is 3.11. The lowest BCUT2D eigenvalue weighted by atomic mass is 10.1. The van der Waals surface area contributed by atoms with E-state index in [0.29, 0.717) is 24.0 Å². The fourth-order valence-electron chi connectivity index (χ4n) is 2.33. The van der Waals surface area contributed by atoms with E-state index in [0.717, 1.165) is 35.5 Å². The molecule has 2 aliphatic rings. The number of hydrogen-bond donors (Lipinski definition) is 1. The van der Waals surface area contributed by atoms with Crippen molar-refractivity contribution in [1.29, 1.82) is 0 Å². The maximum atomic E-state index is 11.4. The summed E-state index contributed by atoms with van der Waals surface area (Å²) in [6.07, 6.45) is 3.07. The van der Waals surface area contributed by atoms with Crippen LogP contribution in [0.4, 0.5) is 5.82 Å². The maximum absolute atomic E-state index is 11.4. The third-order valence-corrected chi connectivity index (χ3v) is 5.80. The highest BCUT2D eigenvalue weighted by atomic mass is 79.9. The Balaban J connectivity index is 1.63. The molecule has 1 aliphatic heterocycles. The molecule has 1 aliphatic carbocycles. The second-order valence-electron chi connectivity index (χ2n) is 5.36. The van der Waals surface area contributed by atoms with Crippen molar-refractivity contribution in [1.82, 2.24) is 9.97 Å². The molecule has 0 bridgehead atoms. The summed E-state index contributed by atoms with van der Waals surface area (Å²) >= 11 is 3.39. The Bertz CT molecular complexity index is 587. The van der Waals surface area contributed by atoms with Gasteiger partial charge < -0.3 is 5.32 Å². The Morgan fingerprint density at radius 1 is 1.32 bits per heavy atom. The molecule has 2 fully saturated rings. The Hall–Kier alpha value is -0.690. The number of nitrogens with one attached hydrogen (secondary N) is 1. The molecule has 0 amide bonds. The largest absolute Gasteiger partial charge is 0.370 e. The van der Waals surface area contributed by atoms with Gasteiger partial charge in [-0.05, 0) is 41.1 Å². The number of halogens is 1. The van der Waals surface area contributed by atoms with Crippen LogP contribution in [0.1, 0.15) is 31.0 Å². The van der Waals surface area contributed by atoms with E-state index in [1.54, 1.807) is 0 Å². The molecule has 5 nitrogen and oxygen atoms in total. The number of hydrogen-bond acceptors (Lipinski definition) is 5. The molecule has 0 aromatic carbocycles. The lowest BCUT2D eigenvalue weighted by Crippen LogP contribution is -2.16. The van der Waals surface area contributed by atoms with Gasteiger partial charge in [0.15, 0.2) is 9.84 Å². The first-order valence-electron chi connectivity index (χ1n) is 6.50. The Morgan fingerprint density at radius 2 is 2.11 bits per heavy atom. The quantitative estimate of drug-likeness (QED) is 0.844. The van der Waals surface area contributed by atoms with Crippen molar-refractivity contribution in [2.75, 3.05) is 23.4 Å². The topological polar surface area (TPSA) is 72.0 Å². The van der Waals surface area contributed by atoms with E-state index in [1.165, 1.54) is 0 Å². The van der Waals surface area contributed by atoms with Crippen LogP contribution >= 0.6 is 15.9 Å². The van der Waals surface area contributed by atoms with Crippen molar-refractivity contribution in [2.45, 2.75) is 25.2 Å². The Kier molecular flexibility index (Phi) is 3.51. The first kappa shape index (κ1) is 13.3. The summed E-state index contributed by atoms with van der Waals surface area (Å²) in [5, 5.41) is 3.24. The molecule has 1 saturated carbocycles. The number of rotatable bonds is 4. The van der Waals surface area contributed by atoms with Gasteiger partial charge >= 0.3 is 0 Å². The zero-order chi connectivity index (χ0) is 13.5. The summed E-state index contributed by atoms with van der Waals surface area (Å²) in [5.41, 5.74) is 0. The molecular formula is C12H16BrN3O2S. The van der Waals surface area contributed by atoms with Crippen LogP contribution in [0.25, 0.3) is 0 Å².